The maximum absolute atomic E-state index is 11.5. The van der Waals surface area contributed by atoms with Gasteiger partial charge in [0.1, 0.15) is 5.82 Å². The van der Waals surface area contributed by atoms with Crippen molar-refractivity contribution in [1.29, 1.82) is 0 Å². The second-order valence-electron chi connectivity index (χ2n) is 5.83. The predicted molar refractivity (Wildman–Crippen MR) is 89.9 cm³/mol. The van der Waals surface area contributed by atoms with Gasteiger partial charge in [-0.05, 0) is 39.0 Å². The summed E-state index contributed by atoms with van der Waals surface area (Å²) in [6, 6.07) is 6.09. The van der Waals surface area contributed by atoms with Crippen molar-refractivity contribution in [3.8, 4) is 10.4 Å². The van der Waals surface area contributed by atoms with Gasteiger partial charge in [0.15, 0.2) is 6.29 Å². The fourth-order valence-electron chi connectivity index (χ4n) is 2.90. The lowest BCUT2D eigenvalue weighted by Gasteiger charge is -2.36. The lowest BCUT2D eigenvalue weighted by Crippen LogP contribution is -2.46. The van der Waals surface area contributed by atoms with Crippen molar-refractivity contribution in [3.63, 3.8) is 0 Å². The summed E-state index contributed by atoms with van der Waals surface area (Å²) in [5.74, 6) is 0.758. The van der Waals surface area contributed by atoms with Gasteiger partial charge in [-0.25, -0.2) is 4.98 Å². The number of carbonyl (C=O) groups is 1. The molecule has 2 aromatic rings. The summed E-state index contributed by atoms with van der Waals surface area (Å²) in [5.41, 5.74) is 1.64. The Morgan fingerprint density at radius 3 is 2.64 bits per heavy atom. The highest BCUT2D eigenvalue weighted by molar-refractivity contribution is 7.15. The topological polar surface area (TPSA) is 42.4 Å². The van der Waals surface area contributed by atoms with Crippen molar-refractivity contribution in [2.75, 3.05) is 18.0 Å². The summed E-state index contributed by atoms with van der Waals surface area (Å²) < 4.78 is 5.75. The maximum Gasteiger partial charge on any atom is 0.153 e. The first kappa shape index (κ1) is 15.2. The third-order valence-electron chi connectivity index (χ3n) is 3.77. The average Bonchev–Trinajstić information content (AvgIpc) is 2.92. The predicted octanol–water partition coefficient (Wildman–Crippen LogP) is 3.54. The van der Waals surface area contributed by atoms with Gasteiger partial charge in [-0.2, -0.15) is 0 Å². The molecule has 2 aromatic heterocycles. The summed E-state index contributed by atoms with van der Waals surface area (Å²) in [6.45, 7) is 7.69. The molecule has 0 bridgehead atoms. The molecule has 116 valence electrons. The zero-order chi connectivity index (χ0) is 15.7. The molecule has 0 aromatic carbocycles. The molecule has 22 heavy (non-hydrogen) atoms. The van der Waals surface area contributed by atoms with Crippen LogP contribution >= 0.6 is 11.3 Å². The summed E-state index contributed by atoms with van der Waals surface area (Å²) in [5, 5.41) is 0. The molecular weight excluding hydrogens is 296 g/mol. The van der Waals surface area contributed by atoms with Crippen molar-refractivity contribution in [3.05, 3.63) is 34.8 Å². The molecule has 1 aliphatic heterocycles. The van der Waals surface area contributed by atoms with Crippen molar-refractivity contribution in [2.45, 2.75) is 33.0 Å². The van der Waals surface area contributed by atoms with E-state index in [-0.39, 0.29) is 12.2 Å². The van der Waals surface area contributed by atoms with E-state index in [1.54, 1.807) is 11.3 Å². The molecule has 0 saturated carbocycles. The second-order valence-corrected chi connectivity index (χ2v) is 7.12. The van der Waals surface area contributed by atoms with Crippen LogP contribution in [-0.4, -0.2) is 36.6 Å². The lowest BCUT2D eigenvalue weighted by molar-refractivity contribution is -0.00549. The molecule has 1 fully saturated rings. The molecule has 3 heterocycles. The van der Waals surface area contributed by atoms with E-state index in [0.717, 1.165) is 35.6 Å². The molecule has 0 spiro atoms. The molecule has 0 aliphatic carbocycles. The van der Waals surface area contributed by atoms with Crippen LogP contribution in [0.3, 0.4) is 0 Å². The Balaban J connectivity index is 1.94. The molecule has 2 unspecified atom stereocenters. The summed E-state index contributed by atoms with van der Waals surface area (Å²) in [6.07, 6.45) is 3.05. The Morgan fingerprint density at radius 1 is 1.32 bits per heavy atom. The van der Waals surface area contributed by atoms with Gasteiger partial charge < -0.3 is 9.64 Å². The highest BCUT2D eigenvalue weighted by Gasteiger charge is 2.25. The SMILES string of the molecule is Cc1ccc(-c2cnc(N3CC(C)OC(C)C3)c(C=O)c2)s1. The van der Waals surface area contributed by atoms with E-state index >= 15 is 0 Å². The Kier molecular flexibility index (Phi) is 4.27. The number of hydrogen-bond donors (Lipinski definition) is 0. The Hall–Kier alpha value is -1.72. The molecule has 1 aliphatic rings. The number of morpholine rings is 1. The largest absolute Gasteiger partial charge is 0.372 e. The highest BCUT2D eigenvalue weighted by atomic mass is 32.1. The van der Waals surface area contributed by atoms with Crippen molar-refractivity contribution in [2.24, 2.45) is 0 Å². The summed E-state index contributed by atoms with van der Waals surface area (Å²) in [7, 11) is 0. The smallest absolute Gasteiger partial charge is 0.153 e. The van der Waals surface area contributed by atoms with Gasteiger partial charge in [0.2, 0.25) is 0 Å². The number of pyridine rings is 1. The van der Waals surface area contributed by atoms with Crippen LogP contribution in [0.5, 0.6) is 0 Å². The number of thiophene rings is 1. The molecule has 3 rings (SSSR count). The van der Waals surface area contributed by atoms with Crippen molar-refractivity contribution >= 4 is 23.4 Å². The van der Waals surface area contributed by atoms with E-state index in [2.05, 4.69) is 28.9 Å². The second kappa shape index (κ2) is 6.18. The van der Waals surface area contributed by atoms with E-state index < -0.39 is 0 Å². The first-order valence-corrected chi connectivity index (χ1v) is 8.31. The number of rotatable bonds is 3. The Labute approximate surface area is 134 Å². The minimum atomic E-state index is 0.143. The monoisotopic (exact) mass is 316 g/mol. The molecule has 2 atom stereocenters. The van der Waals surface area contributed by atoms with Crippen LogP contribution < -0.4 is 4.90 Å². The van der Waals surface area contributed by atoms with Gasteiger partial charge in [-0.3, -0.25) is 4.79 Å². The van der Waals surface area contributed by atoms with Crippen molar-refractivity contribution in [1.82, 2.24) is 4.98 Å². The van der Waals surface area contributed by atoms with Crippen LogP contribution in [0.1, 0.15) is 29.1 Å². The lowest BCUT2D eigenvalue weighted by atomic mass is 10.1. The minimum Gasteiger partial charge on any atom is -0.372 e. The number of ether oxygens (including phenoxy) is 1. The molecule has 1 saturated heterocycles. The third kappa shape index (κ3) is 3.05. The van der Waals surface area contributed by atoms with Gasteiger partial charge in [-0.1, -0.05) is 0 Å². The van der Waals surface area contributed by atoms with Crippen LogP contribution in [0.25, 0.3) is 10.4 Å². The fourth-order valence-corrected chi connectivity index (χ4v) is 3.75. The van der Waals surface area contributed by atoms with E-state index in [9.17, 15) is 4.79 Å². The first-order valence-electron chi connectivity index (χ1n) is 7.49. The summed E-state index contributed by atoms with van der Waals surface area (Å²) >= 11 is 1.71. The molecular formula is C17H20N2O2S. The Morgan fingerprint density at radius 2 is 2.05 bits per heavy atom. The van der Waals surface area contributed by atoms with Crippen LogP contribution in [-0.2, 0) is 4.74 Å². The van der Waals surface area contributed by atoms with E-state index in [1.807, 2.05) is 26.1 Å². The molecule has 0 amide bonds. The van der Waals surface area contributed by atoms with Crippen LogP contribution in [0.15, 0.2) is 24.4 Å². The zero-order valence-corrected chi connectivity index (χ0v) is 13.9. The third-order valence-corrected chi connectivity index (χ3v) is 4.82. The van der Waals surface area contributed by atoms with Gasteiger partial charge in [0.05, 0.1) is 17.8 Å². The van der Waals surface area contributed by atoms with Crippen molar-refractivity contribution < 1.29 is 9.53 Å². The van der Waals surface area contributed by atoms with Gasteiger partial charge in [0.25, 0.3) is 0 Å². The van der Waals surface area contributed by atoms with Crippen LogP contribution in [0.2, 0.25) is 0 Å². The number of anilines is 1. The van der Waals surface area contributed by atoms with Crippen LogP contribution in [0.4, 0.5) is 5.82 Å². The normalized spacial score (nSPS) is 21.9. The number of aromatic nitrogens is 1. The summed E-state index contributed by atoms with van der Waals surface area (Å²) in [4.78, 5) is 20.6. The fraction of sp³-hybridized carbons (Fsp3) is 0.412. The van der Waals surface area contributed by atoms with E-state index in [1.165, 1.54) is 4.88 Å². The standard InChI is InChI=1S/C17H20N2O2S/c1-11-8-19(9-12(2)21-11)17-15(10-20)6-14(7-18-17)16-5-4-13(3)22-16/h4-7,10-12H,8-9H2,1-3H3. The van der Waals surface area contributed by atoms with Gasteiger partial charge in [0, 0.05) is 34.6 Å². The first-order chi connectivity index (χ1) is 10.6. The quantitative estimate of drug-likeness (QED) is 0.812. The minimum absolute atomic E-state index is 0.143. The van der Waals surface area contributed by atoms with E-state index in [0.29, 0.717) is 5.56 Å². The molecule has 0 radical (unpaired) electrons. The maximum atomic E-state index is 11.5. The number of carbonyl (C=O) groups excluding carboxylic acids is 1. The number of nitrogens with zero attached hydrogens (tertiary/aromatic N) is 2. The average molecular weight is 316 g/mol. The molecule has 0 N–H and O–H groups in total. The van der Waals surface area contributed by atoms with Crippen LogP contribution in [0, 0.1) is 6.92 Å². The zero-order valence-electron chi connectivity index (χ0n) is 13.1. The number of aryl methyl sites for hydroxylation is 1. The Bertz CT molecular complexity index is 673. The van der Waals surface area contributed by atoms with Gasteiger partial charge >= 0.3 is 0 Å². The molecule has 4 nitrogen and oxygen atoms in total. The number of aldehydes is 1. The highest BCUT2D eigenvalue weighted by Crippen LogP contribution is 2.30. The molecule has 5 heteroatoms. The number of hydrogen-bond acceptors (Lipinski definition) is 5. The van der Waals surface area contributed by atoms with E-state index in [4.69, 9.17) is 4.74 Å². The van der Waals surface area contributed by atoms with Gasteiger partial charge in [-0.15, -0.1) is 11.3 Å².